The molecule has 0 aromatic heterocycles. The van der Waals surface area contributed by atoms with E-state index in [0.717, 1.165) is 31.7 Å². The topological polar surface area (TPSA) is 62.2 Å². The number of nitrogens with zero attached hydrogens (tertiary/aromatic N) is 1. The normalized spacial score (nSPS) is 44.3. The molecule has 7 aliphatic rings. The van der Waals surface area contributed by atoms with Crippen LogP contribution in [0.2, 0.25) is 0 Å². The largest absolute Gasteiger partial charge is 0.504 e. The molecule has 1 aromatic carbocycles. The lowest BCUT2D eigenvalue weighted by atomic mass is 9.36. The van der Waals surface area contributed by atoms with Crippen molar-refractivity contribution in [1.82, 2.24) is 4.90 Å². The van der Waals surface area contributed by atoms with Crippen molar-refractivity contribution in [2.24, 2.45) is 17.3 Å². The van der Waals surface area contributed by atoms with Gasteiger partial charge in [0.05, 0.1) is 11.0 Å². The van der Waals surface area contributed by atoms with Gasteiger partial charge in [-0.05, 0) is 70.0 Å². The fourth-order valence-electron chi connectivity index (χ4n) is 8.58. The first-order valence-corrected chi connectivity index (χ1v) is 12.0. The third kappa shape index (κ3) is 1.97. The number of phenolic OH excluding ortho intramolecular Hbond substituents is 1. The van der Waals surface area contributed by atoms with Gasteiger partial charge in [-0.25, -0.2) is 0 Å². The van der Waals surface area contributed by atoms with Crippen molar-refractivity contribution in [1.29, 1.82) is 0 Å². The van der Waals surface area contributed by atoms with Gasteiger partial charge in [0.25, 0.3) is 0 Å². The van der Waals surface area contributed by atoms with E-state index in [4.69, 9.17) is 9.47 Å². The van der Waals surface area contributed by atoms with Gasteiger partial charge >= 0.3 is 0 Å². The quantitative estimate of drug-likeness (QED) is 0.729. The maximum absolute atomic E-state index is 11.3. The maximum atomic E-state index is 11.3. The molecule has 1 saturated heterocycles. The number of hydrogen-bond acceptors (Lipinski definition) is 5. The Morgan fingerprint density at radius 1 is 1.26 bits per heavy atom. The van der Waals surface area contributed by atoms with E-state index in [1.165, 1.54) is 30.5 Å². The highest BCUT2D eigenvalue weighted by molar-refractivity contribution is 5.65. The summed E-state index contributed by atoms with van der Waals surface area (Å²) < 4.78 is 13.1. The molecule has 5 aliphatic carbocycles. The minimum atomic E-state index is -0.897. The average molecular weight is 424 g/mol. The Kier molecular flexibility index (Phi) is 3.36. The first-order chi connectivity index (χ1) is 14.8. The second kappa shape index (κ2) is 5.49. The maximum Gasteiger partial charge on any atom is 0.165 e. The predicted octanol–water partition coefficient (Wildman–Crippen LogP) is 3.16. The second-order valence-electron chi connectivity index (χ2n) is 11.7. The van der Waals surface area contributed by atoms with E-state index in [-0.39, 0.29) is 28.6 Å². The molecule has 6 atom stereocenters. The number of likely N-dealkylation sites (tertiary alicyclic amines) is 1. The van der Waals surface area contributed by atoms with E-state index in [2.05, 4.69) is 23.1 Å². The van der Waals surface area contributed by atoms with Crippen molar-refractivity contribution in [2.45, 2.75) is 74.7 Å². The number of methoxy groups -OCH3 is 1. The van der Waals surface area contributed by atoms with Crippen LogP contribution in [0.25, 0.3) is 0 Å². The Morgan fingerprint density at radius 2 is 2.06 bits per heavy atom. The summed E-state index contributed by atoms with van der Waals surface area (Å²) in [5.74, 6) is 1.68. The Labute approximate surface area is 184 Å². The number of aromatic hydroxyl groups is 1. The van der Waals surface area contributed by atoms with E-state index in [9.17, 15) is 10.2 Å². The number of aliphatic hydroxyl groups is 1. The van der Waals surface area contributed by atoms with Crippen LogP contribution in [0.4, 0.5) is 0 Å². The Balaban J connectivity index is 1.51. The van der Waals surface area contributed by atoms with Crippen molar-refractivity contribution in [3.8, 4) is 11.5 Å². The summed E-state index contributed by atoms with van der Waals surface area (Å²) in [6, 6.07) is 4.33. The number of phenols is 1. The summed E-state index contributed by atoms with van der Waals surface area (Å²) in [7, 11) is 1.76. The van der Waals surface area contributed by atoms with Gasteiger partial charge in [-0.2, -0.15) is 0 Å². The van der Waals surface area contributed by atoms with Crippen LogP contribution in [0.5, 0.6) is 11.5 Å². The van der Waals surface area contributed by atoms with Gasteiger partial charge in [0.15, 0.2) is 11.5 Å². The summed E-state index contributed by atoms with van der Waals surface area (Å²) in [6.45, 7) is 6.09. The monoisotopic (exact) mass is 423 g/mol. The lowest BCUT2D eigenvalue weighted by molar-refractivity contribution is -0.245. The molecule has 2 spiro atoms. The number of rotatable bonds is 4. The zero-order valence-corrected chi connectivity index (χ0v) is 18.7. The lowest BCUT2D eigenvalue weighted by Gasteiger charge is -2.72. The zero-order chi connectivity index (χ0) is 21.4. The molecule has 0 radical (unpaired) electrons. The average Bonchev–Trinajstić information content (AvgIpc) is 3.47. The lowest BCUT2D eigenvalue weighted by Crippen LogP contribution is -2.80. The van der Waals surface area contributed by atoms with Crippen LogP contribution < -0.4 is 4.74 Å². The highest BCUT2D eigenvalue weighted by Crippen LogP contribution is 2.75. The molecule has 5 nitrogen and oxygen atoms in total. The molecule has 2 heterocycles. The molecule has 166 valence electrons. The van der Waals surface area contributed by atoms with Crippen LogP contribution in [-0.2, 0) is 16.6 Å². The molecule has 0 amide bonds. The van der Waals surface area contributed by atoms with Gasteiger partial charge in [0.1, 0.15) is 11.7 Å². The molecular formula is C26H33NO4. The van der Waals surface area contributed by atoms with Crippen LogP contribution in [0.1, 0.15) is 50.7 Å². The second-order valence-corrected chi connectivity index (χ2v) is 11.7. The highest BCUT2D eigenvalue weighted by atomic mass is 16.6. The van der Waals surface area contributed by atoms with Gasteiger partial charge in [0, 0.05) is 36.6 Å². The third-order valence-electron chi connectivity index (χ3n) is 9.96. The van der Waals surface area contributed by atoms with E-state index in [0.29, 0.717) is 11.8 Å². The Bertz CT molecular complexity index is 1010. The molecule has 8 rings (SSSR count). The molecule has 31 heavy (non-hydrogen) atoms. The standard InChI is InChI=1S/C26H33NO4/c1-23(2,29)18-13-24-8-9-26(18,30-3)22-25(24)10-11-27(14-15-4-5-15)19(24)12-16-6-7-17(28)21(31-22)20(16)25/h6-9,15,18-19,22,28-29H,4-5,10-14H2,1-3H3/t18?,19-,22?,24-,25+,26-/m1/s1. The zero-order valence-electron chi connectivity index (χ0n) is 18.7. The number of ether oxygens (including phenoxy) is 2. The molecule has 2 unspecified atom stereocenters. The van der Waals surface area contributed by atoms with Crippen molar-refractivity contribution in [3.05, 3.63) is 35.4 Å². The highest BCUT2D eigenvalue weighted by Gasteiger charge is 2.80. The molecule has 2 N–H and O–H groups in total. The SMILES string of the molecule is CO[C@]12C=C[C@@]3(CC1C(C)(C)O)[C@H]1Cc4ccc(O)c5c4[C@@]3(CCN1CC1CC1)C2O5. The van der Waals surface area contributed by atoms with Gasteiger partial charge < -0.3 is 19.7 Å². The molecule has 2 aliphatic heterocycles. The van der Waals surface area contributed by atoms with Crippen LogP contribution in [0.15, 0.2) is 24.3 Å². The van der Waals surface area contributed by atoms with Crippen molar-refractivity contribution in [2.75, 3.05) is 20.2 Å². The van der Waals surface area contributed by atoms with E-state index >= 15 is 0 Å². The molecule has 2 saturated carbocycles. The first kappa shape index (κ1) is 19.0. The smallest absolute Gasteiger partial charge is 0.165 e. The summed E-state index contributed by atoms with van der Waals surface area (Å²) in [4.78, 5) is 2.75. The summed E-state index contributed by atoms with van der Waals surface area (Å²) >= 11 is 0. The minimum absolute atomic E-state index is 0.0745. The number of piperidine rings is 1. The van der Waals surface area contributed by atoms with Gasteiger partial charge in [-0.3, -0.25) is 4.90 Å². The molecular weight excluding hydrogens is 390 g/mol. The predicted molar refractivity (Wildman–Crippen MR) is 116 cm³/mol. The van der Waals surface area contributed by atoms with Gasteiger partial charge in [-0.1, -0.05) is 18.2 Å². The molecule has 5 heteroatoms. The molecule has 4 bridgehead atoms. The third-order valence-corrected chi connectivity index (χ3v) is 9.96. The summed E-state index contributed by atoms with van der Waals surface area (Å²) in [5.41, 5.74) is 0.654. The Morgan fingerprint density at radius 3 is 2.77 bits per heavy atom. The summed E-state index contributed by atoms with van der Waals surface area (Å²) in [6.07, 6.45) is 10.0. The fourth-order valence-corrected chi connectivity index (χ4v) is 8.58. The van der Waals surface area contributed by atoms with Gasteiger partial charge in [-0.15, -0.1) is 0 Å². The van der Waals surface area contributed by atoms with Crippen molar-refractivity contribution in [3.63, 3.8) is 0 Å². The summed E-state index contributed by atoms with van der Waals surface area (Å²) in [5, 5.41) is 22.1. The molecule has 1 aromatic rings. The Hall–Kier alpha value is -1.56. The van der Waals surface area contributed by atoms with Crippen LogP contribution in [-0.4, -0.2) is 58.7 Å². The number of fused-ring (bicyclic) bond motifs is 1. The molecule has 3 fully saturated rings. The van der Waals surface area contributed by atoms with Crippen LogP contribution >= 0.6 is 0 Å². The van der Waals surface area contributed by atoms with E-state index < -0.39 is 11.2 Å². The van der Waals surface area contributed by atoms with Crippen LogP contribution in [0, 0.1) is 17.3 Å². The minimum Gasteiger partial charge on any atom is -0.504 e. The first-order valence-electron chi connectivity index (χ1n) is 12.0. The van der Waals surface area contributed by atoms with Crippen molar-refractivity contribution >= 4 is 0 Å². The number of hydrogen-bond donors (Lipinski definition) is 2. The van der Waals surface area contributed by atoms with Gasteiger partial charge in [0.2, 0.25) is 0 Å². The van der Waals surface area contributed by atoms with Crippen molar-refractivity contribution < 1.29 is 19.7 Å². The number of benzene rings is 1. The fraction of sp³-hybridized carbons (Fsp3) is 0.692. The van der Waals surface area contributed by atoms with Crippen LogP contribution in [0.3, 0.4) is 0 Å². The van der Waals surface area contributed by atoms with E-state index in [1.807, 2.05) is 19.9 Å². The van der Waals surface area contributed by atoms with E-state index in [1.54, 1.807) is 7.11 Å².